The fraction of sp³-hybridized carbons (Fsp3) is 0.0769. The Bertz CT molecular complexity index is 402. The van der Waals surface area contributed by atoms with E-state index in [9.17, 15) is 4.79 Å². The van der Waals surface area contributed by atoms with Gasteiger partial charge in [-0.25, -0.2) is 4.79 Å². The molecule has 7 heteroatoms. The van der Waals surface area contributed by atoms with Crippen molar-refractivity contribution in [2.24, 2.45) is 0 Å². The Hall–Kier alpha value is -2.04. The molecule has 1 aromatic carbocycles. The molecule has 0 spiro atoms. The van der Waals surface area contributed by atoms with Crippen LogP contribution in [0.15, 0.2) is 30.3 Å². The van der Waals surface area contributed by atoms with E-state index >= 15 is 0 Å². The minimum atomic E-state index is 0. The van der Waals surface area contributed by atoms with E-state index in [0.29, 0.717) is 0 Å². The maximum atomic E-state index is 10.2. The molecule has 102 valence electrons. The minimum Gasteiger partial charge on any atom is 0 e. The van der Waals surface area contributed by atoms with Gasteiger partial charge in [-0.2, -0.15) is 0 Å². The third-order valence-electron chi connectivity index (χ3n) is 1.33. The summed E-state index contributed by atoms with van der Waals surface area (Å²) in [6.45, 7) is 18.0. The molecule has 0 unspecified atom stereocenters. The van der Waals surface area contributed by atoms with Gasteiger partial charge in [-0.05, 0) is 0 Å². The summed E-state index contributed by atoms with van der Waals surface area (Å²) in [5.41, 5.74) is 0.755. The summed E-state index contributed by atoms with van der Waals surface area (Å²) in [6.07, 6.45) is 0. The van der Waals surface area contributed by atoms with E-state index in [1.807, 2.05) is 18.2 Å². The van der Waals surface area contributed by atoms with Crippen molar-refractivity contribution in [2.75, 3.05) is 7.11 Å². The van der Waals surface area contributed by atoms with Gasteiger partial charge < -0.3 is 4.74 Å². The van der Waals surface area contributed by atoms with Crippen molar-refractivity contribution >= 4 is 11.7 Å². The largest absolute Gasteiger partial charge is 0 e. The third kappa shape index (κ3) is 18.3. The molecular weight excluding hydrogens is 304 g/mol. The van der Waals surface area contributed by atoms with Crippen molar-refractivity contribution in [3.05, 3.63) is 62.5 Å². The molecule has 0 aliphatic rings. The minimum absolute atomic E-state index is 0. The van der Waals surface area contributed by atoms with Crippen molar-refractivity contribution in [1.29, 1.82) is 0 Å². The second-order valence-corrected chi connectivity index (χ2v) is 2.00. The molecule has 20 heavy (non-hydrogen) atoms. The molecule has 0 amide bonds. The number of hydrogen-bond donors (Lipinski definition) is 0. The van der Waals surface area contributed by atoms with Gasteiger partial charge in [-0.1, -0.05) is 30.3 Å². The van der Waals surface area contributed by atoms with Crippen LogP contribution in [0.1, 0.15) is 5.56 Å². The number of methoxy groups -OCH3 is 1. The number of ether oxygens (including phenoxy) is 1. The van der Waals surface area contributed by atoms with Crippen LogP contribution in [-0.4, -0.2) is 13.1 Å². The molecule has 0 saturated carbocycles. The van der Waals surface area contributed by atoms with Crippen LogP contribution >= 0.6 is 0 Å². The second kappa shape index (κ2) is 36.0. The Morgan fingerprint density at radius 2 is 1.30 bits per heavy atom. The smallest absolute Gasteiger partial charge is 0 e. The first kappa shape index (κ1) is 30.8. The third-order valence-corrected chi connectivity index (χ3v) is 1.33. The van der Waals surface area contributed by atoms with Crippen molar-refractivity contribution in [1.82, 2.24) is 0 Å². The topological polar surface area (TPSA) is 106 Å². The second-order valence-electron chi connectivity index (χ2n) is 2.00. The predicted octanol–water partition coefficient (Wildman–Crippen LogP) is 1.35. The molecule has 0 aliphatic heterocycles. The molecule has 0 N–H and O–H groups in total. The molecule has 1 rings (SSSR count). The monoisotopic (exact) mass is 312 g/mol. The number of hydrogen-bond acceptors (Lipinski definition) is 2. The average molecular weight is 312 g/mol. The number of benzene rings is 1. The average Bonchev–Trinajstić information content (AvgIpc) is 2.57. The van der Waals surface area contributed by atoms with E-state index in [2.05, 4.69) is 26.6 Å². The van der Waals surface area contributed by atoms with E-state index in [0.717, 1.165) is 5.56 Å². The standard InChI is InChI=1S/C9H8O2.4CO.Cr/c1-11-9(7-10)8-5-3-2-4-6-8;4*1-2;/h2-6H,1H3;;;;;. The fourth-order valence-corrected chi connectivity index (χ4v) is 0.808. The normalized spacial score (nSPS) is 5.05. The molecule has 0 aromatic heterocycles. The zero-order valence-electron chi connectivity index (χ0n) is 10.2. The molecule has 0 atom stereocenters. The Kier molecular flexibility index (Phi) is 55.3. The number of carbonyl (C=O) groups excluding carboxylic acids is 1. The van der Waals surface area contributed by atoms with Gasteiger partial charge in [0.15, 0.2) is 5.94 Å². The number of rotatable bonds is 2. The van der Waals surface area contributed by atoms with Crippen LogP contribution in [0, 0.1) is 26.6 Å². The maximum absolute atomic E-state index is 10.2. The molecule has 6 nitrogen and oxygen atoms in total. The van der Waals surface area contributed by atoms with E-state index in [1.165, 1.54) is 7.11 Å². The van der Waals surface area contributed by atoms with Gasteiger partial charge in [0, 0.05) is 22.9 Å². The van der Waals surface area contributed by atoms with Gasteiger partial charge in [-0.3, -0.25) is 0 Å². The molecule has 0 saturated heterocycles. The maximum Gasteiger partial charge on any atom is 0 e. The Morgan fingerprint density at radius 3 is 1.55 bits per heavy atom. The molecule has 1 aromatic rings. The van der Waals surface area contributed by atoms with Gasteiger partial charge in [0.2, 0.25) is 5.76 Å². The zero-order chi connectivity index (χ0) is 16.1. The predicted molar refractivity (Wildman–Crippen MR) is 58.3 cm³/mol. The van der Waals surface area contributed by atoms with Gasteiger partial charge in [0.25, 0.3) is 0 Å². The quantitative estimate of drug-likeness (QED) is 0.356. The molecular formula is C13H8CrO6. The molecule has 0 aliphatic carbocycles. The van der Waals surface area contributed by atoms with Crippen molar-refractivity contribution in [2.45, 2.75) is 0 Å². The van der Waals surface area contributed by atoms with Crippen molar-refractivity contribution in [3.63, 3.8) is 0 Å². The summed E-state index contributed by atoms with van der Waals surface area (Å²) in [4.78, 5) is 10.2. The van der Waals surface area contributed by atoms with Crippen LogP contribution in [0.3, 0.4) is 0 Å². The van der Waals surface area contributed by atoms with E-state index in [-0.39, 0.29) is 23.1 Å². The summed E-state index contributed by atoms with van der Waals surface area (Å²) in [7, 11) is 1.45. The Morgan fingerprint density at radius 1 is 0.950 bits per heavy atom. The van der Waals surface area contributed by atoms with Crippen LogP contribution in [0.4, 0.5) is 0 Å². The van der Waals surface area contributed by atoms with Crippen LogP contribution in [0.5, 0.6) is 0 Å². The fourth-order valence-electron chi connectivity index (χ4n) is 0.808. The molecule has 0 bridgehead atoms. The SMILES string of the molecule is COC(=C=O)c1ccccc1.[C-]#[O+].[C-]#[O+].[C-]#[O+].[C-]#[O+].[Cr]. The summed E-state index contributed by atoms with van der Waals surface area (Å²) in [5.74, 6) is 1.95. The van der Waals surface area contributed by atoms with Crippen LogP contribution in [-0.2, 0) is 45.5 Å². The van der Waals surface area contributed by atoms with Gasteiger partial charge in [0.1, 0.15) is 0 Å². The van der Waals surface area contributed by atoms with Crippen LogP contribution < -0.4 is 0 Å². The molecule has 0 fully saturated rings. The van der Waals surface area contributed by atoms with Crippen LogP contribution in [0.2, 0.25) is 0 Å². The molecule has 0 heterocycles. The first-order chi connectivity index (χ1) is 9.38. The zero-order valence-corrected chi connectivity index (χ0v) is 11.5. The van der Waals surface area contributed by atoms with Gasteiger partial charge in [-0.15, -0.1) is 0 Å². The Balaban J connectivity index is -0.0000000722. The summed E-state index contributed by atoms with van der Waals surface area (Å²) in [6, 6.07) is 9.15. The van der Waals surface area contributed by atoms with Crippen molar-refractivity contribution in [3.8, 4) is 0 Å². The van der Waals surface area contributed by atoms with Gasteiger partial charge in [0.05, 0.1) is 7.11 Å². The van der Waals surface area contributed by atoms with Crippen LogP contribution in [0.25, 0.3) is 5.76 Å². The van der Waals surface area contributed by atoms with E-state index in [1.54, 1.807) is 18.1 Å². The summed E-state index contributed by atoms with van der Waals surface area (Å²) < 4.78 is 34.8. The Labute approximate surface area is 127 Å². The van der Waals surface area contributed by atoms with E-state index in [4.69, 9.17) is 23.3 Å². The molecule has 0 radical (unpaired) electrons. The van der Waals surface area contributed by atoms with Crippen molar-refractivity contribution < 1.29 is 45.5 Å². The summed E-state index contributed by atoms with van der Waals surface area (Å²) >= 11 is 0. The first-order valence-electron chi connectivity index (χ1n) is 4.04. The van der Waals surface area contributed by atoms with E-state index < -0.39 is 0 Å². The summed E-state index contributed by atoms with van der Waals surface area (Å²) in [5, 5.41) is 0. The first-order valence-corrected chi connectivity index (χ1v) is 4.04. The van der Waals surface area contributed by atoms with Gasteiger partial charge >= 0.3 is 45.2 Å².